The first kappa shape index (κ1) is 25.3. The number of anilines is 2. The standard InChI is InChI=1S/C28H29NO4S/c1-4-7-8-9-18-29-23-14-10-21(12-16-27(30)32-5-2)19-25(23)34-26-20-22(11-15-24(26)29)13-17-28(31)33-6-3/h10-11,14-15,19-20H,4-9,18H2,1-3H3. The van der Waals surface area contributed by atoms with E-state index in [1.54, 1.807) is 25.6 Å². The van der Waals surface area contributed by atoms with Gasteiger partial charge < -0.3 is 14.4 Å². The van der Waals surface area contributed by atoms with Crippen molar-refractivity contribution in [1.29, 1.82) is 0 Å². The topological polar surface area (TPSA) is 55.8 Å². The van der Waals surface area contributed by atoms with Crippen molar-refractivity contribution < 1.29 is 19.1 Å². The molecule has 6 heteroatoms. The lowest BCUT2D eigenvalue weighted by Crippen LogP contribution is -2.22. The molecule has 3 rings (SSSR count). The van der Waals surface area contributed by atoms with Crippen LogP contribution in [-0.2, 0) is 19.1 Å². The maximum atomic E-state index is 11.6. The lowest BCUT2D eigenvalue weighted by Gasteiger charge is -2.33. The lowest BCUT2D eigenvalue weighted by molar-refractivity contribution is -0.137. The smallest absolute Gasteiger partial charge is 0.384 e. The number of fused-ring (bicyclic) bond motifs is 2. The van der Waals surface area contributed by atoms with Crippen LogP contribution in [0.15, 0.2) is 46.2 Å². The maximum Gasteiger partial charge on any atom is 0.384 e. The van der Waals surface area contributed by atoms with Crippen LogP contribution in [0.4, 0.5) is 11.4 Å². The molecular formula is C28H29NO4S. The highest BCUT2D eigenvalue weighted by atomic mass is 32.2. The van der Waals surface area contributed by atoms with Gasteiger partial charge in [-0.2, -0.15) is 0 Å². The van der Waals surface area contributed by atoms with Crippen LogP contribution >= 0.6 is 11.8 Å². The van der Waals surface area contributed by atoms with Gasteiger partial charge in [0.15, 0.2) is 0 Å². The first-order chi connectivity index (χ1) is 16.5. The van der Waals surface area contributed by atoms with E-state index in [2.05, 4.69) is 47.6 Å². The fraction of sp³-hybridized carbons (Fsp3) is 0.357. The molecule has 0 saturated carbocycles. The second-order valence-corrected chi connectivity index (χ2v) is 8.70. The summed E-state index contributed by atoms with van der Waals surface area (Å²) >= 11 is 1.64. The third-order valence-electron chi connectivity index (χ3n) is 5.13. The van der Waals surface area contributed by atoms with E-state index >= 15 is 0 Å². The number of hydrogen-bond acceptors (Lipinski definition) is 6. The fourth-order valence-electron chi connectivity index (χ4n) is 3.56. The van der Waals surface area contributed by atoms with Gasteiger partial charge in [-0.3, -0.25) is 0 Å². The zero-order valence-electron chi connectivity index (χ0n) is 19.9. The van der Waals surface area contributed by atoms with E-state index in [0.717, 1.165) is 45.3 Å². The molecule has 5 nitrogen and oxygen atoms in total. The maximum absolute atomic E-state index is 11.6. The number of rotatable bonds is 7. The van der Waals surface area contributed by atoms with Gasteiger partial charge >= 0.3 is 11.9 Å². The molecule has 0 N–H and O–H groups in total. The molecule has 0 radical (unpaired) electrons. The molecule has 0 atom stereocenters. The number of esters is 2. The Labute approximate surface area is 206 Å². The molecule has 0 bridgehead atoms. The van der Waals surface area contributed by atoms with E-state index in [1.165, 1.54) is 19.3 Å². The Kier molecular flexibility index (Phi) is 9.50. The largest absolute Gasteiger partial charge is 0.456 e. The molecule has 2 aromatic rings. The van der Waals surface area contributed by atoms with Crippen molar-refractivity contribution in [2.75, 3.05) is 24.7 Å². The third kappa shape index (κ3) is 6.83. The van der Waals surface area contributed by atoms with Gasteiger partial charge in [-0.1, -0.05) is 49.8 Å². The normalized spacial score (nSPS) is 11.2. The third-order valence-corrected chi connectivity index (χ3v) is 6.22. The monoisotopic (exact) mass is 475 g/mol. The van der Waals surface area contributed by atoms with Crippen molar-refractivity contribution >= 4 is 35.1 Å². The van der Waals surface area contributed by atoms with Crippen molar-refractivity contribution in [3.8, 4) is 23.7 Å². The molecule has 0 aliphatic carbocycles. The lowest BCUT2D eigenvalue weighted by atomic mass is 10.1. The van der Waals surface area contributed by atoms with Gasteiger partial charge in [0.1, 0.15) is 0 Å². The molecular weight excluding hydrogens is 446 g/mol. The molecule has 1 aliphatic heterocycles. The minimum atomic E-state index is -0.527. The Morgan fingerprint density at radius 3 is 1.79 bits per heavy atom. The van der Waals surface area contributed by atoms with Crippen LogP contribution in [0.5, 0.6) is 0 Å². The van der Waals surface area contributed by atoms with Crippen LogP contribution in [-0.4, -0.2) is 31.7 Å². The summed E-state index contributed by atoms with van der Waals surface area (Å²) in [4.78, 5) is 27.7. The van der Waals surface area contributed by atoms with E-state index in [4.69, 9.17) is 9.47 Å². The molecule has 0 unspecified atom stereocenters. The molecule has 1 aliphatic rings. The zero-order valence-corrected chi connectivity index (χ0v) is 20.7. The summed E-state index contributed by atoms with van der Waals surface area (Å²) in [6.45, 7) is 7.24. The van der Waals surface area contributed by atoms with Gasteiger partial charge in [0, 0.05) is 39.3 Å². The van der Waals surface area contributed by atoms with Crippen molar-refractivity contribution in [2.24, 2.45) is 0 Å². The summed E-state index contributed by atoms with van der Waals surface area (Å²) in [6.07, 6.45) is 4.67. The highest BCUT2D eigenvalue weighted by Gasteiger charge is 2.23. The Morgan fingerprint density at radius 1 is 0.794 bits per heavy atom. The van der Waals surface area contributed by atoms with Gasteiger partial charge in [0.25, 0.3) is 0 Å². The van der Waals surface area contributed by atoms with Crippen molar-refractivity contribution in [3.63, 3.8) is 0 Å². The van der Waals surface area contributed by atoms with Gasteiger partial charge in [-0.05, 0) is 56.7 Å². The number of unbranched alkanes of at least 4 members (excludes halogenated alkanes) is 3. The number of carbonyl (C=O) groups is 2. The average molecular weight is 476 g/mol. The summed E-state index contributed by atoms with van der Waals surface area (Å²) < 4.78 is 9.80. The SMILES string of the molecule is CCCCCCN1c2ccc(C#CC(=O)OCC)cc2Sc2cc(C#CC(=O)OCC)ccc21. The molecule has 0 saturated heterocycles. The second-order valence-electron chi connectivity index (χ2n) is 7.62. The summed E-state index contributed by atoms with van der Waals surface area (Å²) in [7, 11) is 0. The Hall–Kier alpha value is -3.35. The minimum absolute atomic E-state index is 0.304. The first-order valence-electron chi connectivity index (χ1n) is 11.7. The summed E-state index contributed by atoms with van der Waals surface area (Å²) in [5.74, 6) is 9.83. The highest BCUT2D eigenvalue weighted by Crippen LogP contribution is 2.48. The number of carbonyl (C=O) groups excluding carboxylic acids is 2. The van der Waals surface area contributed by atoms with Crippen LogP contribution in [0, 0.1) is 23.7 Å². The Morgan fingerprint density at radius 2 is 1.32 bits per heavy atom. The Balaban J connectivity index is 1.92. The van der Waals surface area contributed by atoms with E-state index in [0.29, 0.717) is 13.2 Å². The average Bonchev–Trinajstić information content (AvgIpc) is 2.83. The molecule has 0 aromatic heterocycles. The molecule has 34 heavy (non-hydrogen) atoms. The first-order valence-corrected chi connectivity index (χ1v) is 12.5. The van der Waals surface area contributed by atoms with E-state index in [9.17, 15) is 9.59 Å². The van der Waals surface area contributed by atoms with Crippen molar-refractivity contribution in [1.82, 2.24) is 0 Å². The molecule has 1 heterocycles. The van der Waals surface area contributed by atoms with Gasteiger partial charge in [-0.15, -0.1) is 0 Å². The summed E-state index contributed by atoms with van der Waals surface area (Å²) in [5, 5.41) is 0. The molecule has 0 amide bonds. The van der Waals surface area contributed by atoms with Crippen LogP contribution in [0.1, 0.15) is 57.6 Å². The van der Waals surface area contributed by atoms with Gasteiger partial charge in [0.2, 0.25) is 0 Å². The molecule has 0 spiro atoms. The Bertz CT molecular complexity index is 1080. The van der Waals surface area contributed by atoms with Crippen LogP contribution in [0.25, 0.3) is 0 Å². The van der Waals surface area contributed by atoms with Crippen LogP contribution in [0.3, 0.4) is 0 Å². The number of nitrogens with zero attached hydrogens (tertiary/aromatic N) is 1. The number of ether oxygens (including phenoxy) is 2. The fourth-order valence-corrected chi connectivity index (χ4v) is 4.73. The predicted molar refractivity (Wildman–Crippen MR) is 135 cm³/mol. The van der Waals surface area contributed by atoms with Gasteiger partial charge in [-0.25, -0.2) is 9.59 Å². The van der Waals surface area contributed by atoms with E-state index in [-0.39, 0.29) is 0 Å². The summed E-state index contributed by atoms with van der Waals surface area (Å²) in [6, 6.07) is 12.0. The quantitative estimate of drug-likeness (QED) is 0.291. The minimum Gasteiger partial charge on any atom is -0.456 e. The number of hydrogen-bond donors (Lipinski definition) is 0. The summed E-state index contributed by atoms with van der Waals surface area (Å²) in [5.41, 5.74) is 3.76. The van der Waals surface area contributed by atoms with Crippen LogP contribution in [0.2, 0.25) is 0 Å². The number of benzene rings is 2. The molecule has 0 fully saturated rings. The van der Waals surface area contributed by atoms with E-state index in [1.807, 2.05) is 24.3 Å². The predicted octanol–water partition coefficient (Wildman–Crippen LogP) is 5.70. The highest BCUT2D eigenvalue weighted by molar-refractivity contribution is 7.99. The second kappa shape index (κ2) is 12.8. The van der Waals surface area contributed by atoms with Crippen LogP contribution < -0.4 is 4.90 Å². The zero-order chi connectivity index (χ0) is 24.3. The van der Waals surface area contributed by atoms with E-state index < -0.39 is 11.9 Å². The molecule has 176 valence electrons. The molecule has 2 aromatic carbocycles. The van der Waals surface area contributed by atoms with Crippen molar-refractivity contribution in [3.05, 3.63) is 47.5 Å². The van der Waals surface area contributed by atoms with Crippen molar-refractivity contribution in [2.45, 2.75) is 56.2 Å². The van der Waals surface area contributed by atoms with Gasteiger partial charge in [0.05, 0.1) is 24.6 Å².